The first-order valence-electron chi connectivity index (χ1n) is 8.57. The first-order valence-corrected chi connectivity index (χ1v) is 10.9. The van der Waals surface area contributed by atoms with Crippen molar-refractivity contribution in [1.29, 1.82) is 0 Å². The van der Waals surface area contributed by atoms with E-state index in [1.54, 1.807) is 34.9 Å². The fourth-order valence-corrected chi connectivity index (χ4v) is 4.69. The van der Waals surface area contributed by atoms with Crippen molar-refractivity contribution in [3.05, 3.63) is 53.0 Å². The van der Waals surface area contributed by atoms with Crippen molar-refractivity contribution in [3.63, 3.8) is 0 Å². The van der Waals surface area contributed by atoms with Gasteiger partial charge in [0.25, 0.3) is 0 Å². The van der Waals surface area contributed by atoms with E-state index in [0.29, 0.717) is 31.7 Å². The number of primary sulfonamides is 1. The average molecular weight is 441 g/mol. The maximum absolute atomic E-state index is 12.8. The van der Waals surface area contributed by atoms with Gasteiger partial charge >= 0.3 is 5.91 Å². The van der Waals surface area contributed by atoms with Gasteiger partial charge < -0.3 is 13.7 Å². The summed E-state index contributed by atoms with van der Waals surface area (Å²) in [6, 6.07) is 11.3. The molecular formula is C20H15N3O5S2. The van der Waals surface area contributed by atoms with Crippen LogP contribution in [0.3, 0.4) is 0 Å². The van der Waals surface area contributed by atoms with Crippen LogP contribution in [0.25, 0.3) is 21.2 Å². The minimum absolute atomic E-state index is 0.0358. The Labute approximate surface area is 175 Å². The minimum atomic E-state index is -3.86. The lowest BCUT2D eigenvalue weighted by Gasteiger charge is -2.01. The van der Waals surface area contributed by atoms with Gasteiger partial charge in [0.05, 0.1) is 28.8 Å². The number of ether oxygens (including phenoxy) is 1. The summed E-state index contributed by atoms with van der Waals surface area (Å²) in [6.45, 7) is 0.148. The van der Waals surface area contributed by atoms with Crippen LogP contribution in [0, 0.1) is 12.3 Å². The van der Waals surface area contributed by atoms with E-state index in [2.05, 4.69) is 10.9 Å². The van der Waals surface area contributed by atoms with Gasteiger partial charge in [-0.25, -0.2) is 13.6 Å². The van der Waals surface area contributed by atoms with Gasteiger partial charge in [0, 0.05) is 5.39 Å². The van der Waals surface area contributed by atoms with E-state index in [4.69, 9.17) is 20.7 Å². The second-order valence-electron chi connectivity index (χ2n) is 6.26. The van der Waals surface area contributed by atoms with Gasteiger partial charge in [0.15, 0.2) is 21.9 Å². The molecule has 0 aliphatic heterocycles. The Morgan fingerprint density at radius 2 is 2.13 bits per heavy atom. The summed E-state index contributed by atoms with van der Waals surface area (Å²) in [7, 11) is -2.35. The molecule has 0 atom stereocenters. The van der Waals surface area contributed by atoms with Crippen LogP contribution in [0.4, 0.5) is 0 Å². The number of methoxy groups -OCH3 is 1. The molecule has 0 bridgehead atoms. The van der Waals surface area contributed by atoms with E-state index in [-0.39, 0.29) is 17.2 Å². The number of thiazole rings is 1. The molecule has 8 nitrogen and oxygen atoms in total. The SMILES string of the molecule is C#CCn1c(=NC(=O)c2cc3cccc(OC)c3o2)sc2cc(S(N)(=O)=O)ccc21. The summed E-state index contributed by atoms with van der Waals surface area (Å²) in [4.78, 5) is 17.2. The number of hydrogen-bond donors (Lipinski definition) is 1. The first kappa shape index (κ1) is 19.9. The number of amides is 1. The molecule has 0 radical (unpaired) electrons. The quantitative estimate of drug-likeness (QED) is 0.488. The fourth-order valence-electron chi connectivity index (χ4n) is 3.00. The molecule has 0 fully saturated rings. The maximum Gasteiger partial charge on any atom is 0.315 e. The maximum atomic E-state index is 12.8. The second-order valence-corrected chi connectivity index (χ2v) is 8.83. The third kappa shape index (κ3) is 3.50. The summed E-state index contributed by atoms with van der Waals surface area (Å²) in [5.41, 5.74) is 1.09. The summed E-state index contributed by atoms with van der Waals surface area (Å²) >= 11 is 1.13. The van der Waals surface area contributed by atoms with Gasteiger partial charge in [0.1, 0.15) is 0 Å². The number of para-hydroxylation sites is 1. The normalized spacial score (nSPS) is 12.4. The summed E-state index contributed by atoms with van der Waals surface area (Å²) < 4.78 is 36.4. The molecule has 30 heavy (non-hydrogen) atoms. The van der Waals surface area contributed by atoms with E-state index >= 15 is 0 Å². The van der Waals surface area contributed by atoms with Crippen molar-refractivity contribution in [2.45, 2.75) is 11.4 Å². The number of nitrogens with two attached hydrogens (primary N) is 1. The van der Waals surface area contributed by atoms with Gasteiger partial charge in [-0.2, -0.15) is 4.99 Å². The lowest BCUT2D eigenvalue weighted by atomic mass is 10.2. The molecule has 0 spiro atoms. The molecule has 4 rings (SSSR count). The molecule has 0 aliphatic carbocycles. The standard InChI is InChI=1S/C20H15N3O5S2/c1-3-9-23-14-8-7-13(30(21,25)26)11-17(14)29-20(23)22-19(24)16-10-12-5-4-6-15(27-2)18(12)28-16/h1,4-8,10-11H,9H2,2H3,(H2,21,25,26). The number of benzene rings is 2. The third-order valence-corrected chi connectivity index (χ3v) is 6.32. The molecule has 2 heterocycles. The molecule has 2 aromatic carbocycles. The van der Waals surface area contributed by atoms with Gasteiger partial charge in [-0.05, 0) is 30.3 Å². The van der Waals surface area contributed by atoms with E-state index in [0.717, 1.165) is 11.3 Å². The van der Waals surface area contributed by atoms with Crippen molar-refractivity contribution in [1.82, 2.24) is 4.57 Å². The van der Waals surface area contributed by atoms with Crippen LogP contribution in [0.1, 0.15) is 10.6 Å². The Kier molecular flexibility index (Phi) is 4.95. The molecular weight excluding hydrogens is 426 g/mol. The van der Waals surface area contributed by atoms with E-state index in [1.807, 2.05) is 0 Å². The molecule has 2 aromatic heterocycles. The van der Waals surface area contributed by atoms with Crippen molar-refractivity contribution in [2.24, 2.45) is 10.1 Å². The molecule has 0 saturated carbocycles. The second kappa shape index (κ2) is 7.46. The Bertz CT molecular complexity index is 1520. The molecule has 2 N–H and O–H groups in total. The minimum Gasteiger partial charge on any atom is -0.493 e. The Balaban J connectivity index is 1.86. The molecule has 10 heteroatoms. The van der Waals surface area contributed by atoms with Gasteiger partial charge in [-0.3, -0.25) is 4.79 Å². The van der Waals surface area contributed by atoms with Crippen molar-refractivity contribution < 1.29 is 22.4 Å². The van der Waals surface area contributed by atoms with Gasteiger partial charge in [-0.15, -0.1) is 6.42 Å². The number of fused-ring (bicyclic) bond motifs is 2. The lowest BCUT2D eigenvalue weighted by Crippen LogP contribution is -2.16. The lowest BCUT2D eigenvalue weighted by molar-refractivity contribution is 0.0973. The number of terminal acetylenes is 1. The number of sulfonamides is 1. The van der Waals surface area contributed by atoms with Crippen LogP contribution in [-0.2, 0) is 16.6 Å². The number of carbonyl (C=O) groups is 1. The number of nitrogens with zero attached hydrogens (tertiary/aromatic N) is 2. The molecule has 0 saturated heterocycles. The van der Waals surface area contributed by atoms with Crippen LogP contribution >= 0.6 is 11.3 Å². The average Bonchev–Trinajstić information content (AvgIpc) is 3.29. The van der Waals surface area contributed by atoms with Crippen LogP contribution in [0.15, 0.2) is 56.8 Å². The Morgan fingerprint density at radius 1 is 1.33 bits per heavy atom. The highest BCUT2D eigenvalue weighted by atomic mass is 32.2. The largest absolute Gasteiger partial charge is 0.493 e. The summed E-state index contributed by atoms with van der Waals surface area (Å²) in [5.74, 6) is 2.46. The van der Waals surface area contributed by atoms with E-state index < -0.39 is 15.9 Å². The van der Waals surface area contributed by atoms with Crippen molar-refractivity contribution in [2.75, 3.05) is 7.11 Å². The Hall–Kier alpha value is -3.39. The van der Waals surface area contributed by atoms with Gasteiger partial charge in [0.2, 0.25) is 10.0 Å². The van der Waals surface area contributed by atoms with Crippen molar-refractivity contribution >= 4 is 48.5 Å². The van der Waals surface area contributed by atoms with Crippen LogP contribution in [0.2, 0.25) is 0 Å². The highest BCUT2D eigenvalue weighted by Gasteiger charge is 2.16. The zero-order chi connectivity index (χ0) is 21.5. The predicted molar refractivity (Wildman–Crippen MR) is 113 cm³/mol. The highest BCUT2D eigenvalue weighted by molar-refractivity contribution is 7.89. The van der Waals surface area contributed by atoms with Gasteiger partial charge in [-0.1, -0.05) is 29.4 Å². The van der Waals surface area contributed by atoms with Crippen molar-refractivity contribution in [3.8, 4) is 18.1 Å². The third-order valence-electron chi connectivity index (χ3n) is 4.37. The first-order chi connectivity index (χ1) is 14.3. The molecule has 0 unspecified atom stereocenters. The number of hydrogen-bond acceptors (Lipinski definition) is 6. The monoisotopic (exact) mass is 441 g/mol. The number of furan rings is 1. The number of rotatable bonds is 4. The van der Waals surface area contributed by atoms with E-state index in [9.17, 15) is 13.2 Å². The molecule has 1 amide bonds. The number of aromatic nitrogens is 1. The fraction of sp³-hybridized carbons (Fsp3) is 0.100. The molecule has 0 aliphatic rings. The molecule has 152 valence electrons. The van der Waals surface area contributed by atoms with E-state index in [1.165, 1.54) is 19.2 Å². The Morgan fingerprint density at radius 3 is 2.83 bits per heavy atom. The summed E-state index contributed by atoms with van der Waals surface area (Å²) in [5, 5.41) is 5.91. The topological polar surface area (TPSA) is 117 Å². The molecule has 4 aromatic rings. The zero-order valence-corrected chi connectivity index (χ0v) is 17.3. The zero-order valence-electron chi connectivity index (χ0n) is 15.7. The van der Waals surface area contributed by atoms with Crippen LogP contribution in [-0.4, -0.2) is 26.0 Å². The smallest absolute Gasteiger partial charge is 0.315 e. The highest BCUT2D eigenvalue weighted by Crippen LogP contribution is 2.29. The number of carbonyl (C=O) groups excluding carboxylic acids is 1. The predicted octanol–water partition coefficient (Wildman–Crippen LogP) is 2.48. The van der Waals surface area contributed by atoms with Crippen LogP contribution < -0.4 is 14.7 Å². The summed E-state index contributed by atoms with van der Waals surface area (Å²) in [6.07, 6.45) is 5.46. The van der Waals surface area contributed by atoms with Crippen LogP contribution in [0.5, 0.6) is 5.75 Å².